The van der Waals surface area contributed by atoms with Gasteiger partial charge < -0.3 is 10.1 Å². The van der Waals surface area contributed by atoms with E-state index in [0.717, 1.165) is 15.3 Å². The average Bonchev–Trinajstić information content (AvgIpc) is 2.97. The van der Waals surface area contributed by atoms with E-state index in [-0.39, 0.29) is 12.5 Å². The molecule has 0 saturated heterocycles. The van der Waals surface area contributed by atoms with Crippen LogP contribution in [0.1, 0.15) is 56.8 Å². The van der Waals surface area contributed by atoms with Gasteiger partial charge in [0.15, 0.2) is 0 Å². The van der Waals surface area contributed by atoms with Gasteiger partial charge in [-0.3, -0.25) is 9.59 Å². The van der Waals surface area contributed by atoms with Crippen molar-refractivity contribution in [3.8, 4) is 0 Å². The number of fused-ring (bicyclic) bond motifs is 1. The minimum absolute atomic E-state index is 0.189. The average molecular weight is 435 g/mol. The smallest absolute Gasteiger partial charge is 0.417 e. The SMILES string of the molecule is Cc1sc2c(c1C(=O)NCc1ccc(Cl)cc1)CCN(C(=O)OC(C)(C)C)C2=O. The molecule has 0 spiro atoms. The molecule has 1 aliphatic heterocycles. The molecule has 0 fully saturated rings. The van der Waals surface area contributed by atoms with Crippen molar-refractivity contribution in [2.24, 2.45) is 0 Å². The van der Waals surface area contributed by atoms with E-state index in [0.29, 0.717) is 34.0 Å². The summed E-state index contributed by atoms with van der Waals surface area (Å²) in [5, 5.41) is 3.53. The quantitative estimate of drug-likeness (QED) is 0.767. The Bertz CT molecular complexity index is 960. The molecule has 1 N–H and O–H groups in total. The second-order valence-electron chi connectivity index (χ2n) is 7.84. The molecule has 6 nitrogen and oxygen atoms in total. The van der Waals surface area contributed by atoms with Crippen LogP contribution >= 0.6 is 22.9 Å². The number of thiophene rings is 1. The van der Waals surface area contributed by atoms with Crippen molar-refractivity contribution in [1.29, 1.82) is 0 Å². The molecule has 0 radical (unpaired) electrons. The van der Waals surface area contributed by atoms with Crippen molar-refractivity contribution in [2.75, 3.05) is 6.54 Å². The third-order valence-corrected chi connectivity index (χ3v) is 5.80. The highest BCUT2D eigenvalue weighted by molar-refractivity contribution is 7.14. The van der Waals surface area contributed by atoms with Gasteiger partial charge in [-0.15, -0.1) is 11.3 Å². The van der Waals surface area contributed by atoms with Crippen molar-refractivity contribution in [3.05, 3.63) is 55.7 Å². The molecule has 0 bridgehead atoms. The molecule has 1 aromatic carbocycles. The van der Waals surface area contributed by atoms with Crippen LogP contribution in [0.3, 0.4) is 0 Å². The summed E-state index contributed by atoms with van der Waals surface area (Å²) in [5.41, 5.74) is 1.47. The number of carbonyl (C=O) groups is 3. The van der Waals surface area contributed by atoms with E-state index >= 15 is 0 Å². The van der Waals surface area contributed by atoms with E-state index < -0.39 is 17.6 Å². The number of rotatable bonds is 3. The van der Waals surface area contributed by atoms with E-state index in [9.17, 15) is 14.4 Å². The fourth-order valence-electron chi connectivity index (χ4n) is 3.11. The highest BCUT2D eigenvalue weighted by Gasteiger charge is 2.36. The van der Waals surface area contributed by atoms with Crippen LogP contribution in [0, 0.1) is 6.92 Å². The van der Waals surface area contributed by atoms with Crippen molar-refractivity contribution in [3.63, 3.8) is 0 Å². The summed E-state index contributed by atoms with van der Waals surface area (Å²) in [6.07, 6.45) is -0.234. The first-order chi connectivity index (χ1) is 13.6. The van der Waals surface area contributed by atoms with Crippen LogP contribution in [-0.4, -0.2) is 35.0 Å². The Balaban J connectivity index is 1.76. The fourth-order valence-corrected chi connectivity index (χ4v) is 4.39. The van der Waals surface area contributed by atoms with Crippen LogP contribution in [0.15, 0.2) is 24.3 Å². The Kier molecular flexibility index (Phi) is 6.00. The Morgan fingerprint density at radius 2 is 1.90 bits per heavy atom. The lowest BCUT2D eigenvalue weighted by atomic mass is 10.0. The topological polar surface area (TPSA) is 75.7 Å². The highest BCUT2D eigenvalue weighted by Crippen LogP contribution is 2.33. The summed E-state index contributed by atoms with van der Waals surface area (Å²) >= 11 is 7.12. The molecule has 0 atom stereocenters. The fraction of sp³-hybridized carbons (Fsp3) is 0.381. The number of halogens is 1. The molecule has 154 valence electrons. The van der Waals surface area contributed by atoms with Gasteiger partial charge in [-0.2, -0.15) is 0 Å². The van der Waals surface area contributed by atoms with Crippen LogP contribution < -0.4 is 5.32 Å². The zero-order valence-corrected chi connectivity index (χ0v) is 18.4. The third-order valence-electron chi connectivity index (χ3n) is 4.42. The second kappa shape index (κ2) is 8.16. The second-order valence-corrected chi connectivity index (χ2v) is 9.50. The number of amides is 3. The highest BCUT2D eigenvalue weighted by atomic mass is 35.5. The Labute approximate surface area is 178 Å². The molecule has 0 aliphatic carbocycles. The van der Waals surface area contributed by atoms with E-state index in [1.54, 1.807) is 32.9 Å². The maximum absolute atomic E-state index is 12.8. The van der Waals surface area contributed by atoms with Gasteiger partial charge in [0.05, 0.1) is 10.4 Å². The molecule has 8 heteroatoms. The number of carbonyl (C=O) groups excluding carboxylic acids is 3. The number of hydrogen-bond acceptors (Lipinski definition) is 5. The van der Waals surface area contributed by atoms with E-state index in [1.807, 2.05) is 19.1 Å². The van der Waals surface area contributed by atoms with Crippen molar-refractivity contribution in [2.45, 2.75) is 46.3 Å². The lowest BCUT2D eigenvalue weighted by Gasteiger charge is -2.28. The number of aryl methyl sites for hydroxylation is 1. The Hall–Kier alpha value is -2.38. The van der Waals surface area contributed by atoms with Crippen LogP contribution in [0.25, 0.3) is 0 Å². The minimum Gasteiger partial charge on any atom is -0.443 e. The number of nitrogens with zero attached hydrogens (tertiary/aromatic N) is 1. The van der Waals surface area contributed by atoms with Gasteiger partial charge >= 0.3 is 6.09 Å². The largest absolute Gasteiger partial charge is 0.443 e. The predicted octanol–water partition coefficient (Wildman–Crippen LogP) is 4.57. The molecule has 1 aliphatic rings. The van der Waals surface area contributed by atoms with Crippen LogP contribution in [-0.2, 0) is 17.7 Å². The van der Waals surface area contributed by atoms with Gasteiger partial charge in [-0.05, 0) is 57.4 Å². The number of ether oxygens (including phenoxy) is 1. The van der Waals surface area contributed by atoms with Crippen molar-refractivity contribution < 1.29 is 19.1 Å². The lowest BCUT2D eigenvalue weighted by Crippen LogP contribution is -2.44. The van der Waals surface area contributed by atoms with Crippen LogP contribution in [0.2, 0.25) is 5.02 Å². The van der Waals surface area contributed by atoms with Gasteiger partial charge in [0.1, 0.15) is 5.60 Å². The molecule has 2 heterocycles. The van der Waals surface area contributed by atoms with Crippen molar-refractivity contribution >= 4 is 40.8 Å². The first kappa shape index (κ1) is 21.3. The molecule has 3 amide bonds. The Morgan fingerprint density at radius 3 is 2.52 bits per heavy atom. The molecule has 29 heavy (non-hydrogen) atoms. The lowest BCUT2D eigenvalue weighted by molar-refractivity contribution is 0.0236. The number of hydrogen-bond donors (Lipinski definition) is 1. The summed E-state index contributed by atoms with van der Waals surface area (Å²) in [6, 6.07) is 7.23. The predicted molar refractivity (Wildman–Crippen MR) is 113 cm³/mol. The molecule has 0 saturated carbocycles. The van der Waals surface area contributed by atoms with Crippen molar-refractivity contribution in [1.82, 2.24) is 10.2 Å². The Morgan fingerprint density at radius 1 is 1.24 bits per heavy atom. The van der Waals surface area contributed by atoms with E-state index in [1.165, 1.54) is 11.3 Å². The number of imide groups is 1. The van der Waals surface area contributed by atoms with E-state index in [4.69, 9.17) is 16.3 Å². The van der Waals surface area contributed by atoms with Crippen LogP contribution in [0.5, 0.6) is 0 Å². The normalized spacial score (nSPS) is 13.8. The standard InChI is InChI=1S/C21H23ClN2O4S/c1-12-16(18(25)23-11-13-5-7-14(22)8-6-13)15-9-10-24(19(26)17(15)29-12)20(27)28-21(2,3)4/h5-8H,9-11H2,1-4H3,(H,23,25). The maximum atomic E-state index is 12.8. The summed E-state index contributed by atoms with van der Waals surface area (Å²) in [6.45, 7) is 7.62. The van der Waals surface area contributed by atoms with Gasteiger partial charge in [-0.1, -0.05) is 23.7 Å². The zero-order valence-electron chi connectivity index (χ0n) is 16.8. The summed E-state index contributed by atoms with van der Waals surface area (Å²) in [7, 11) is 0. The molecule has 3 rings (SSSR count). The number of nitrogens with one attached hydrogen (secondary N) is 1. The summed E-state index contributed by atoms with van der Waals surface area (Å²) < 4.78 is 5.33. The van der Waals surface area contributed by atoms with Gasteiger partial charge in [0.25, 0.3) is 11.8 Å². The van der Waals surface area contributed by atoms with Gasteiger partial charge in [0, 0.05) is 23.0 Å². The molecule has 2 aromatic rings. The summed E-state index contributed by atoms with van der Waals surface area (Å²) in [4.78, 5) is 40.3. The molecule has 1 aromatic heterocycles. The zero-order chi connectivity index (χ0) is 21.3. The molecule has 0 unspecified atom stereocenters. The third kappa shape index (κ3) is 4.79. The minimum atomic E-state index is -0.685. The van der Waals surface area contributed by atoms with Crippen LogP contribution in [0.4, 0.5) is 4.79 Å². The first-order valence-electron chi connectivity index (χ1n) is 9.26. The number of benzene rings is 1. The van der Waals surface area contributed by atoms with Gasteiger partial charge in [0.2, 0.25) is 0 Å². The van der Waals surface area contributed by atoms with E-state index in [2.05, 4.69) is 5.32 Å². The maximum Gasteiger partial charge on any atom is 0.417 e. The molecular weight excluding hydrogens is 412 g/mol. The molecular formula is C21H23ClN2O4S. The van der Waals surface area contributed by atoms with Gasteiger partial charge in [-0.25, -0.2) is 9.69 Å². The monoisotopic (exact) mass is 434 g/mol. The summed E-state index contributed by atoms with van der Waals surface area (Å²) in [5.74, 6) is -0.640. The first-order valence-corrected chi connectivity index (χ1v) is 10.5.